The van der Waals surface area contributed by atoms with Crippen LogP contribution >= 0.6 is 12.2 Å². The number of hydrogen-bond donors (Lipinski definition) is 1. The molecule has 1 aromatic carbocycles. The van der Waals surface area contributed by atoms with Crippen LogP contribution in [0.3, 0.4) is 0 Å². The number of rotatable bonds is 3. The summed E-state index contributed by atoms with van der Waals surface area (Å²) in [5.41, 5.74) is 6.06. The Bertz CT molecular complexity index is 594. The number of benzene rings is 1. The predicted octanol–water partition coefficient (Wildman–Crippen LogP) is 2.13. The van der Waals surface area contributed by atoms with E-state index >= 15 is 0 Å². The molecule has 2 fully saturated rings. The Morgan fingerprint density at radius 3 is 2.38 bits per heavy atom. The lowest BCUT2D eigenvalue weighted by Crippen LogP contribution is -2.57. The van der Waals surface area contributed by atoms with E-state index in [1.807, 2.05) is 30.3 Å². The minimum absolute atomic E-state index is 0.149. The first-order chi connectivity index (χ1) is 10.1. The van der Waals surface area contributed by atoms with Crippen LogP contribution in [0.2, 0.25) is 0 Å². The van der Waals surface area contributed by atoms with E-state index in [1.54, 1.807) is 0 Å². The van der Waals surface area contributed by atoms with Crippen molar-refractivity contribution in [3.05, 3.63) is 35.9 Å². The second-order valence-corrected chi connectivity index (χ2v) is 6.28. The molecular formula is C16H18N2O2S. The van der Waals surface area contributed by atoms with Crippen molar-refractivity contribution in [2.24, 2.45) is 5.73 Å². The highest BCUT2D eigenvalue weighted by Crippen LogP contribution is 2.42. The molecule has 0 bridgehead atoms. The van der Waals surface area contributed by atoms with E-state index in [0.717, 1.165) is 18.4 Å². The van der Waals surface area contributed by atoms with E-state index in [2.05, 4.69) is 0 Å². The van der Waals surface area contributed by atoms with Gasteiger partial charge in [-0.3, -0.25) is 14.5 Å². The number of nitrogens with zero attached hydrogens (tertiary/aromatic N) is 1. The zero-order chi connectivity index (χ0) is 15.0. The van der Waals surface area contributed by atoms with Crippen LogP contribution in [0.4, 0.5) is 0 Å². The average molecular weight is 302 g/mol. The van der Waals surface area contributed by atoms with Gasteiger partial charge in [-0.2, -0.15) is 0 Å². The fourth-order valence-corrected chi connectivity index (χ4v) is 3.86. The molecule has 3 rings (SSSR count). The van der Waals surface area contributed by atoms with Crippen molar-refractivity contribution >= 4 is 29.0 Å². The van der Waals surface area contributed by atoms with Crippen molar-refractivity contribution in [2.75, 3.05) is 0 Å². The van der Waals surface area contributed by atoms with Gasteiger partial charge in [-0.1, -0.05) is 55.4 Å². The second-order valence-electron chi connectivity index (χ2n) is 5.84. The highest BCUT2D eigenvalue weighted by molar-refractivity contribution is 7.80. The summed E-state index contributed by atoms with van der Waals surface area (Å²) in [6, 6.07) is 9.45. The summed E-state index contributed by atoms with van der Waals surface area (Å²) in [5, 5.41) is 0. The third-order valence-electron chi connectivity index (χ3n) is 4.67. The first-order valence-electron chi connectivity index (χ1n) is 7.28. The number of carbonyl (C=O) groups is 2. The van der Waals surface area contributed by atoms with E-state index in [9.17, 15) is 9.59 Å². The summed E-state index contributed by atoms with van der Waals surface area (Å²) in [6.07, 6.45) is 3.50. The number of hydrogen-bond acceptors (Lipinski definition) is 3. The minimum atomic E-state index is -0.729. The first-order valence-corrected chi connectivity index (χ1v) is 7.69. The highest BCUT2D eigenvalue weighted by atomic mass is 32.1. The normalized spacial score (nSPS) is 24.6. The van der Waals surface area contributed by atoms with E-state index in [4.69, 9.17) is 18.0 Å². The summed E-state index contributed by atoms with van der Waals surface area (Å²) in [5.74, 6) is -0.699. The quantitative estimate of drug-likeness (QED) is 0.686. The largest absolute Gasteiger partial charge is 0.391 e. The molecule has 1 aromatic rings. The van der Waals surface area contributed by atoms with Gasteiger partial charge in [0.15, 0.2) is 0 Å². The van der Waals surface area contributed by atoms with Crippen molar-refractivity contribution in [3.63, 3.8) is 0 Å². The van der Waals surface area contributed by atoms with E-state index in [-0.39, 0.29) is 23.2 Å². The molecule has 1 aliphatic heterocycles. The molecule has 1 atom stereocenters. The topological polar surface area (TPSA) is 63.4 Å². The zero-order valence-corrected chi connectivity index (χ0v) is 12.6. The molecule has 1 saturated heterocycles. The second kappa shape index (κ2) is 5.22. The number of nitrogens with two attached hydrogens (primary N) is 1. The minimum Gasteiger partial charge on any atom is -0.391 e. The Hall–Kier alpha value is -1.75. The summed E-state index contributed by atoms with van der Waals surface area (Å²) in [7, 11) is 0. The molecular weight excluding hydrogens is 284 g/mol. The van der Waals surface area contributed by atoms with Crippen LogP contribution in [-0.4, -0.2) is 27.2 Å². The summed E-state index contributed by atoms with van der Waals surface area (Å²) < 4.78 is 0. The van der Waals surface area contributed by atoms with Crippen molar-refractivity contribution in [1.82, 2.24) is 4.90 Å². The lowest BCUT2D eigenvalue weighted by molar-refractivity contribution is -0.143. The van der Waals surface area contributed by atoms with Gasteiger partial charge in [-0.05, 0) is 18.4 Å². The summed E-state index contributed by atoms with van der Waals surface area (Å²) >= 11 is 5.20. The van der Waals surface area contributed by atoms with Crippen LogP contribution in [-0.2, 0) is 9.59 Å². The number of amides is 2. The fraction of sp³-hybridized carbons (Fsp3) is 0.438. The van der Waals surface area contributed by atoms with Gasteiger partial charge in [0.05, 0.1) is 10.9 Å². The average Bonchev–Trinajstić information content (AvgIpc) is 3.06. The van der Waals surface area contributed by atoms with E-state index < -0.39 is 11.5 Å². The number of imide groups is 1. The van der Waals surface area contributed by atoms with Gasteiger partial charge >= 0.3 is 0 Å². The third kappa shape index (κ3) is 2.16. The van der Waals surface area contributed by atoms with Gasteiger partial charge < -0.3 is 5.73 Å². The number of carbonyl (C=O) groups excluding carboxylic acids is 2. The SMILES string of the molecule is NC(=S)C1(N2C(=O)CC(c3ccccc3)C2=O)CCCC1. The van der Waals surface area contributed by atoms with Gasteiger partial charge in [0.1, 0.15) is 5.54 Å². The summed E-state index contributed by atoms with van der Waals surface area (Å²) in [6.45, 7) is 0. The first kappa shape index (κ1) is 14.2. The Balaban J connectivity index is 1.96. The maximum atomic E-state index is 12.8. The maximum Gasteiger partial charge on any atom is 0.238 e. The predicted molar refractivity (Wildman–Crippen MR) is 83.6 cm³/mol. The lowest BCUT2D eigenvalue weighted by atomic mass is 9.94. The van der Waals surface area contributed by atoms with Crippen molar-refractivity contribution in [2.45, 2.75) is 43.6 Å². The standard InChI is InChI=1S/C16H18N2O2S/c17-15(21)16(8-4-5-9-16)18-13(19)10-12(14(18)20)11-6-2-1-3-7-11/h1-3,6-7,12H,4-5,8-10H2,(H2,17,21). The monoisotopic (exact) mass is 302 g/mol. The van der Waals surface area contributed by atoms with Gasteiger partial charge in [-0.15, -0.1) is 0 Å². The molecule has 1 aliphatic carbocycles. The zero-order valence-electron chi connectivity index (χ0n) is 11.7. The van der Waals surface area contributed by atoms with E-state index in [1.165, 1.54) is 4.90 Å². The molecule has 0 aromatic heterocycles. The molecule has 1 heterocycles. The Labute approximate surface area is 129 Å². The third-order valence-corrected chi connectivity index (χ3v) is 5.05. The van der Waals surface area contributed by atoms with Crippen LogP contribution in [0, 0.1) is 0 Å². The van der Waals surface area contributed by atoms with Gasteiger partial charge in [0.2, 0.25) is 11.8 Å². The van der Waals surface area contributed by atoms with E-state index in [0.29, 0.717) is 12.8 Å². The fourth-order valence-electron chi connectivity index (χ4n) is 3.57. The number of thiocarbonyl (C=S) groups is 1. The van der Waals surface area contributed by atoms with Crippen LogP contribution in [0.15, 0.2) is 30.3 Å². The van der Waals surface area contributed by atoms with Gasteiger partial charge in [0.25, 0.3) is 0 Å². The lowest BCUT2D eigenvalue weighted by Gasteiger charge is -2.36. The van der Waals surface area contributed by atoms with Crippen molar-refractivity contribution in [3.8, 4) is 0 Å². The Morgan fingerprint density at radius 1 is 1.19 bits per heavy atom. The summed E-state index contributed by atoms with van der Waals surface area (Å²) in [4.78, 5) is 26.9. The van der Waals surface area contributed by atoms with Crippen LogP contribution in [0.1, 0.15) is 43.6 Å². The molecule has 1 saturated carbocycles. The molecule has 1 unspecified atom stereocenters. The van der Waals surface area contributed by atoms with Crippen LogP contribution < -0.4 is 5.73 Å². The Kier molecular flexibility index (Phi) is 3.53. The molecule has 110 valence electrons. The van der Waals surface area contributed by atoms with Crippen LogP contribution in [0.25, 0.3) is 0 Å². The molecule has 21 heavy (non-hydrogen) atoms. The molecule has 0 spiro atoms. The van der Waals surface area contributed by atoms with Crippen molar-refractivity contribution < 1.29 is 9.59 Å². The molecule has 2 amide bonds. The van der Waals surface area contributed by atoms with Crippen LogP contribution in [0.5, 0.6) is 0 Å². The Morgan fingerprint density at radius 2 is 1.81 bits per heavy atom. The van der Waals surface area contributed by atoms with Gasteiger partial charge in [-0.25, -0.2) is 0 Å². The molecule has 2 N–H and O–H groups in total. The van der Waals surface area contributed by atoms with Gasteiger partial charge in [0, 0.05) is 6.42 Å². The molecule has 2 aliphatic rings. The maximum absolute atomic E-state index is 12.8. The number of likely N-dealkylation sites (tertiary alicyclic amines) is 1. The molecule has 4 nitrogen and oxygen atoms in total. The highest BCUT2D eigenvalue weighted by Gasteiger charge is 2.53. The molecule has 5 heteroatoms. The smallest absolute Gasteiger partial charge is 0.238 e. The van der Waals surface area contributed by atoms with Crippen molar-refractivity contribution in [1.29, 1.82) is 0 Å². The molecule has 0 radical (unpaired) electrons.